The van der Waals surface area contributed by atoms with Gasteiger partial charge in [0.05, 0.1) is 10.7 Å². The monoisotopic (exact) mass is 303 g/mol. The van der Waals surface area contributed by atoms with E-state index in [9.17, 15) is 9.90 Å². The Morgan fingerprint density at radius 2 is 1.90 bits per heavy atom. The van der Waals surface area contributed by atoms with Crippen molar-refractivity contribution in [3.05, 3.63) is 64.7 Å². The first-order valence-corrected chi connectivity index (χ1v) is 7.21. The number of halogens is 1. The highest BCUT2D eigenvalue weighted by atomic mass is 35.5. The van der Waals surface area contributed by atoms with Crippen molar-refractivity contribution in [3.63, 3.8) is 0 Å². The topological polar surface area (TPSA) is 40.5 Å². The molecule has 0 bridgehead atoms. The van der Waals surface area contributed by atoms with E-state index in [1.165, 1.54) is 0 Å². The predicted octanol–water partition coefficient (Wildman–Crippen LogP) is 3.22. The largest absolute Gasteiger partial charge is 0.387 e. The molecule has 0 unspecified atom stereocenters. The molecule has 0 aliphatic heterocycles. The minimum Gasteiger partial charge on any atom is -0.387 e. The van der Waals surface area contributed by atoms with Crippen LogP contribution in [0.3, 0.4) is 0 Å². The fraction of sp³-hybridized carbons (Fsp3) is 0.235. The number of aryl methyl sites for hydroxylation is 1. The van der Waals surface area contributed by atoms with Gasteiger partial charge >= 0.3 is 0 Å². The van der Waals surface area contributed by atoms with E-state index in [0.717, 1.165) is 11.1 Å². The van der Waals surface area contributed by atoms with E-state index < -0.39 is 6.61 Å². The van der Waals surface area contributed by atoms with Crippen molar-refractivity contribution < 1.29 is 9.90 Å². The molecule has 2 aromatic rings. The van der Waals surface area contributed by atoms with Crippen molar-refractivity contribution >= 4 is 23.2 Å². The molecule has 0 atom stereocenters. The number of hydrogen-bond acceptors (Lipinski definition) is 2. The number of aliphatic hydroxyl groups is 1. The van der Waals surface area contributed by atoms with Crippen molar-refractivity contribution in [1.29, 1.82) is 0 Å². The molecule has 0 spiro atoms. The van der Waals surface area contributed by atoms with Crippen LogP contribution in [0.4, 0.5) is 5.69 Å². The molecule has 2 aromatic carbocycles. The van der Waals surface area contributed by atoms with Gasteiger partial charge in [0.1, 0.15) is 6.61 Å². The van der Waals surface area contributed by atoms with Crippen molar-refractivity contribution in [3.8, 4) is 0 Å². The molecule has 0 aromatic heterocycles. The number of hydrogen-bond donors (Lipinski definition) is 1. The zero-order chi connectivity index (χ0) is 15.2. The van der Waals surface area contributed by atoms with Gasteiger partial charge in [0.25, 0.3) is 5.91 Å². The Labute approximate surface area is 129 Å². The van der Waals surface area contributed by atoms with Gasteiger partial charge in [0.15, 0.2) is 0 Å². The molecule has 1 N–H and O–H groups in total. The Morgan fingerprint density at radius 3 is 2.57 bits per heavy atom. The van der Waals surface area contributed by atoms with E-state index in [1.807, 2.05) is 49.4 Å². The maximum absolute atomic E-state index is 12.0. The van der Waals surface area contributed by atoms with E-state index in [1.54, 1.807) is 11.0 Å². The first-order chi connectivity index (χ1) is 10.1. The van der Waals surface area contributed by atoms with Gasteiger partial charge < -0.3 is 10.0 Å². The molecule has 21 heavy (non-hydrogen) atoms. The Hall–Kier alpha value is -1.84. The van der Waals surface area contributed by atoms with Crippen molar-refractivity contribution in [2.24, 2.45) is 0 Å². The normalized spacial score (nSPS) is 10.4. The summed E-state index contributed by atoms with van der Waals surface area (Å²) in [6.45, 7) is 1.89. The van der Waals surface area contributed by atoms with Crippen LogP contribution < -0.4 is 4.90 Å². The number of carbonyl (C=O) groups is 1. The molecule has 4 heteroatoms. The second-order valence-electron chi connectivity index (χ2n) is 4.89. The first kappa shape index (κ1) is 15.5. The Kier molecular flexibility index (Phi) is 5.37. The maximum Gasteiger partial charge on any atom is 0.252 e. The standard InChI is InChI=1S/C17H18ClNO2/c1-13-7-8-15(18)16(11-13)19(17(21)12-20)10-9-14-5-3-2-4-6-14/h2-8,11,20H,9-10,12H2,1H3. The molecule has 0 heterocycles. The van der Waals surface area contributed by atoms with Crippen LogP contribution in [0.1, 0.15) is 11.1 Å². The van der Waals surface area contributed by atoms with Crippen LogP contribution in [0.15, 0.2) is 48.5 Å². The summed E-state index contributed by atoms with van der Waals surface area (Å²) in [5, 5.41) is 9.70. The lowest BCUT2D eigenvalue weighted by atomic mass is 10.1. The smallest absolute Gasteiger partial charge is 0.252 e. The number of anilines is 1. The molecular formula is C17H18ClNO2. The molecular weight excluding hydrogens is 286 g/mol. The minimum atomic E-state index is -0.529. The third-order valence-electron chi connectivity index (χ3n) is 3.30. The zero-order valence-electron chi connectivity index (χ0n) is 11.9. The fourth-order valence-corrected chi connectivity index (χ4v) is 2.40. The van der Waals surface area contributed by atoms with Gasteiger partial charge in [-0.1, -0.05) is 48.0 Å². The van der Waals surface area contributed by atoms with E-state index >= 15 is 0 Å². The van der Waals surface area contributed by atoms with E-state index in [-0.39, 0.29) is 5.91 Å². The maximum atomic E-state index is 12.0. The van der Waals surface area contributed by atoms with Crippen LogP contribution in [-0.2, 0) is 11.2 Å². The van der Waals surface area contributed by atoms with Crippen LogP contribution in [0.25, 0.3) is 0 Å². The van der Waals surface area contributed by atoms with Gasteiger partial charge in [-0.15, -0.1) is 0 Å². The first-order valence-electron chi connectivity index (χ1n) is 6.83. The highest BCUT2D eigenvalue weighted by Crippen LogP contribution is 2.27. The highest BCUT2D eigenvalue weighted by molar-refractivity contribution is 6.33. The van der Waals surface area contributed by atoms with Crippen molar-refractivity contribution in [2.45, 2.75) is 13.3 Å². The van der Waals surface area contributed by atoms with Gasteiger partial charge in [-0.05, 0) is 36.6 Å². The average Bonchev–Trinajstić information content (AvgIpc) is 2.51. The molecule has 2 rings (SSSR count). The lowest BCUT2D eigenvalue weighted by Crippen LogP contribution is -2.35. The summed E-state index contributed by atoms with van der Waals surface area (Å²) in [5.41, 5.74) is 2.80. The van der Waals surface area contributed by atoms with Gasteiger partial charge in [0.2, 0.25) is 0 Å². The molecule has 3 nitrogen and oxygen atoms in total. The summed E-state index contributed by atoms with van der Waals surface area (Å²) >= 11 is 6.20. The third-order valence-corrected chi connectivity index (χ3v) is 3.62. The zero-order valence-corrected chi connectivity index (χ0v) is 12.7. The highest BCUT2D eigenvalue weighted by Gasteiger charge is 2.17. The van der Waals surface area contributed by atoms with Crippen molar-refractivity contribution in [2.75, 3.05) is 18.1 Å². The van der Waals surface area contributed by atoms with Gasteiger partial charge in [-0.25, -0.2) is 0 Å². The van der Waals surface area contributed by atoms with Gasteiger partial charge in [-0.2, -0.15) is 0 Å². The lowest BCUT2D eigenvalue weighted by Gasteiger charge is -2.23. The quantitative estimate of drug-likeness (QED) is 0.921. The molecule has 1 amide bonds. The molecule has 0 saturated carbocycles. The van der Waals surface area contributed by atoms with Crippen LogP contribution in [0.2, 0.25) is 5.02 Å². The number of amides is 1. The fourth-order valence-electron chi connectivity index (χ4n) is 2.18. The van der Waals surface area contributed by atoms with E-state index in [4.69, 9.17) is 11.6 Å². The summed E-state index contributed by atoms with van der Waals surface area (Å²) in [6.07, 6.45) is 0.705. The molecule has 0 radical (unpaired) electrons. The Morgan fingerprint density at radius 1 is 1.19 bits per heavy atom. The molecule has 0 saturated heterocycles. The summed E-state index contributed by atoms with van der Waals surface area (Å²) in [7, 11) is 0. The second kappa shape index (κ2) is 7.25. The molecule has 110 valence electrons. The SMILES string of the molecule is Cc1ccc(Cl)c(N(CCc2ccccc2)C(=O)CO)c1. The van der Waals surface area contributed by atoms with Crippen LogP contribution in [0.5, 0.6) is 0 Å². The average molecular weight is 304 g/mol. The third kappa shape index (κ3) is 4.06. The van der Waals surface area contributed by atoms with Crippen LogP contribution >= 0.6 is 11.6 Å². The number of rotatable bonds is 5. The molecule has 0 aliphatic carbocycles. The van der Waals surface area contributed by atoms with Gasteiger partial charge in [-0.3, -0.25) is 4.79 Å². The summed E-state index contributed by atoms with van der Waals surface area (Å²) in [5.74, 6) is -0.349. The Bertz CT molecular complexity index is 613. The van der Waals surface area contributed by atoms with E-state index in [0.29, 0.717) is 23.7 Å². The van der Waals surface area contributed by atoms with Crippen LogP contribution in [0, 0.1) is 6.92 Å². The number of carbonyl (C=O) groups excluding carboxylic acids is 1. The minimum absolute atomic E-state index is 0.349. The predicted molar refractivity (Wildman–Crippen MR) is 85.8 cm³/mol. The van der Waals surface area contributed by atoms with Crippen molar-refractivity contribution in [1.82, 2.24) is 0 Å². The summed E-state index contributed by atoms with van der Waals surface area (Å²) < 4.78 is 0. The number of aliphatic hydroxyl groups excluding tert-OH is 1. The summed E-state index contributed by atoms with van der Waals surface area (Å²) in [4.78, 5) is 13.6. The molecule has 0 aliphatic rings. The number of benzene rings is 2. The Balaban J connectivity index is 2.22. The van der Waals surface area contributed by atoms with E-state index in [2.05, 4.69) is 0 Å². The number of nitrogens with zero attached hydrogens (tertiary/aromatic N) is 1. The molecule has 0 fully saturated rings. The van der Waals surface area contributed by atoms with Gasteiger partial charge in [0, 0.05) is 6.54 Å². The van der Waals surface area contributed by atoms with Crippen LogP contribution in [-0.4, -0.2) is 24.2 Å². The summed E-state index contributed by atoms with van der Waals surface area (Å²) in [6, 6.07) is 15.4. The lowest BCUT2D eigenvalue weighted by molar-refractivity contribution is -0.121. The second-order valence-corrected chi connectivity index (χ2v) is 5.30.